The average Bonchev–Trinajstić information content (AvgIpc) is 3.27. The van der Waals surface area contributed by atoms with Gasteiger partial charge in [-0.05, 0) is 50.7 Å². The van der Waals surface area contributed by atoms with Crippen molar-refractivity contribution in [1.82, 2.24) is 26.6 Å². The second-order valence-corrected chi connectivity index (χ2v) is 9.05. The fourth-order valence-corrected chi connectivity index (χ4v) is 3.60. The van der Waals surface area contributed by atoms with Crippen LogP contribution in [0.5, 0.6) is 0 Å². The molecule has 12 heteroatoms. The summed E-state index contributed by atoms with van der Waals surface area (Å²) in [7, 11) is 0. The van der Waals surface area contributed by atoms with Crippen molar-refractivity contribution in [3.63, 3.8) is 0 Å². The molecular weight excluding hydrogens is 438 g/mol. The molecule has 0 bridgehead atoms. The molecule has 0 aliphatic carbocycles. The smallest absolute Gasteiger partial charge is 0.326 e. The van der Waals surface area contributed by atoms with Crippen LogP contribution in [0.4, 0.5) is 0 Å². The van der Waals surface area contributed by atoms with Gasteiger partial charge in [0.25, 0.3) is 0 Å². The molecule has 4 atom stereocenters. The predicted octanol–water partition coefficient (Wildman–Crippen LogP) is -1.18. The molecule has 0 aromatic carbocycles. The number of rotatable bonds is 13. The highest BCUT2D eigenvalue weighted by Gasteiger charge is 2.30. The zero-order chi connectivity index (χ0) is 24.3. The van der Waals surface area contributed by atoms with Gasteiger partial charge in [0.05, 0.1) is 12.6 Å². The Labute approximate surface area is 192 Å². The Morgan fingerprint density at radius 1 is 1.06 bits per heavy atom. The van der Waals surface area contributed by atoms with Crippen LogP contribution in [0.25, 0.3) is 0 Å². The summed E-state index contributed by atoms with van der Waals surface area (Å²) in [5, 5.41) is 22.4. The average molecular weight is 474 g/mol. The van der Waals surface area contributed by atoms with Gasteiger partial charge in [0.2, 0.25) is 23.6 Å². The van der Waals surface area contributed by atoms with E-state index in [1.54, 1.807) is 13.8 Å². The number of carbonyl (C=O) groups is 5. The number of aliphatic carboxylic acids is 1. The summed E-state index contributed by atoms with van der Waals surface area (Å²) in [5.41, 5.74) is 0. The molecule has 0 radical (unpaired) electrons. The standard InChI is InChI=1S/C20H35N5O6S/c1-11(2)16(19(29)24-14(20(30)31)7-9-32-4)25-17(27)12(3)23-15(26)10-22-18(28)13-6-5-8-21-13/h11-14,16,21H,5-10H2,1-4H3,(H,22,28)(H,23,26)(H,24,29)(H,25,27)(H,30,31). The molecular formula is C20H35N5O6S. The van der Waals surface area contributed by atoms with E-state index in [1.165, 1.54) is 18.7 Å². The summed E-state index contributed by atoms with van der Waals surface area (Å²) in [4.78, 5) is 60.5. The maximum Gasteiger partial charge on any atom is 0.326 e. The fourth-order valence-electron chi connectivity index (χ4n) is 3.12. The van der Waals surface area contributed by atoms with Crippen LogP contribution in [0.15, 0.2) is 0 Å². The van der Waals surface area contributed by atoms with Crippen LogP contribution in [-0.4, -0.2) is 84.0 Å². The Balaban J connectivity index is 2.56. The summed E-state index contributed by atoms with van der Waals surface area (Å²) in [6.07, 6.45) is 3.71. The van der Waals surface area contributed by atoms with E-state index in [4.69, 9.17) is 0 Å². The van der Waals surface area contributed by atoms with E-state index in [-0.39, 0.29) is 30.8 Å². The lowest BCUT2D eigenvalue weighted by molar-refractivity contribution is -0.142. The van der Waals surface area contributed by atoms with Crippen LogP contribution < -0.4 is 26.6 Å². The van der Waals surface area contributed by atoms with E-state index in [9.17, 15) is 29.1 Å². The molecule has 1 heterocycles. The van der Waals surface area contributed by atoms with Crippen molar-refractivity contribution in [3.8, 4) is 0 Å². The number of carboxylic acids is 1. The molecule has 1 fully saturated rings. The van der Waals surface area contributed by atoms with Crippen LogP contribution in [-0.2, 0) is 24.0 Å². The number of carboxylic acid groups (broad SMARTS) is 1. The van der Waals surface area contributed by atoms with E-state index < -0.39 is 41.8 Å². The van der Waals surface area contributed by atoms with E-state index in [0.717, 1.165) is 13.0 Å². The van der Waals surface area contributed by atoms with Gasteiger partial charge in [-0.1, -0.05) is 13.8 Å². The van der Waals surface area contributed by atoms with Gasteiger partial charge in [0.1, 0.15) is 18.1 Å². The lowest BCUT2D eigenvalue weighted by Gasteiger charge is -2.25. The Morgan fingerprint density at radius 3 is 2.28 bits per heavy atom. The van der Waals surface area contributed by atoms with Crippen LogP contribution in [0.3, 0.4) is 0 Å². The third-order valence-electron chi connectivity index (χ3n) is 5.04. The van der Waals surface area contributed by atoms with Crippen molar-refractivity contribution in [3.05, 3.63) is 0 Å². The highest BCUT2D eigenvalue weighted by molar-refractivity contribution is 7.98. The molecule has 1 rings (SSSR count). The number of carbonyl (C=O) groups excluding carboxylic acids is 4. The summed E-state index contributed by atoms with van der Waals surface area (Å²) in [5.74, 6) is -2.88. The highest BCUT2D eigenvalue weighted by Crippen LogP contribution is 2.06. The zero-order valence-corrected chi connectivity index (χ0v) is 19.8. The van der Waals surface area contributed by atoms with Gasteiger partial charge in [0, 0.05) is 0 Å². The number of amides is 4. The second-order valence-electron chi connectivity index (χ2n) is 8.07. The maximum absolute atomic E-state index is 12.6. The minimum absolute atomic E-state index is 0.259. The molecule has 0 aromatic rings. The fraction of sp³-hybridized carbons (Fsp3) is 0.750. The van der Waals surface area contributed by atoms with Crippen LogP contribution in [0, 0.1) is 5.92 Å². The lowest BCUT2D eigenvalue weighted by Crippen LogP contribution is -2.57. The van der Waals surface area contributed by atoms with E-state index in [1.807, 2.05) is 6.26 Å². The highest BCUT2D eigenvalue weighted by atomic mass is 32.2. The van der Waals surface area contributed by atoms with Crippen molar-refractivity contribution in [1.29, 1.82) is 0 Å². The molecule has 0 aromatic heterocycles. The Bertz CT molecular complexity index is 683. The minimum atomic E-state index is -1.14. The third kappa shape index (κ3) is 9.43. The van der Waals surface area contributed by atoms with E-state index >= 15 is 0 Å². The second kappa shape index (κ2) is 13.9. The summed E-state index contributed by atoms with van der Waals surface area (Å²) in [6.45, 7) is 5.40. The first-order valence-electron chi connectivity index (χ1n) is 10.7. The van der Waals surface area contributed by atoms with Crippen LogP contribution >= 0.6 is 11.8 Å². The SMILES string of the molecule is CSCCC(NC(=O)C(NC(=O)C(C)NC(=O)CNC(=O)C1CCCN1)C(C)C)C(=O)O. The quantitative estimate of drug-likeness (QED) is 0.194. The molecule has 4 amide bonds. The largest absolute Gasteiger partial charge is 0.480 e. The van der Waals surface area contributed by atoms with Crippen LogP contribution in [0.2, 0.25) is 0 Å². The number of hydrogen-bond donors (Lipinski definition) is 6. The van der Waals surface area contributed by atoms with Crippen molar-refractivity contribution >= 4 is 41.4 Å². The molecule has 0 spiro atoms. The van der Waals surface area contributed by atoms with Crippen molar-refractivity contribution in [2.24, 2.45) is 5.92 Å². The van der Waals surface area contributed by atoms with Crippen molar-refractivity contribution < 1.29 is 29.1 Å². The van der Waals surface area contributed by atoms with E-state index in [0.29, 0.717) is 12.2 Å². The van der Waals surface area contributed by atoms with Crippen molar-refractivity contribution in [2.45, 2.75) is 64.2 Å². The van der Waals surface area contributed by atoms with Gasteiger partial charge in [0.15, 0.2) is 0 Å². The Kier molecular flexibility index (Phi) is 12.1. The third-order valence-corrected chi connectivity index (χ3v) is 5.69. The first-order valence-corrected chi connectivity index (χ1v) is 12.1. The molecule has 0 saturated carbocycles. The molecule has 4 unspecified atom stereocenters. The van der Waals surface area contributed by atoms with Gasteiger partial charge < -0.3 is 31.7 Å². The normalized spacial score (nSPS) is 18.3. The monoisotopic (exact) mass is 473 g/mol. The van der Waals surface area contributed by atoms with Gasteiger partial charge in [-0.3, -0.25) is 19.2 Å². The first kappa shape index (κ1) is 27.7. The molecule has 11 nitrogen and oxygen atoms in total. The molecule has 182 valence electrons. The molecule has 1 aliphatic heterocycles. The summed E-state index contributed by atoms with van der Waals surface area (Å²) < 4.78 is 0. The van der Waals surface area contributed by atoms with Gasteiger partial charge in [-0.15, -0.1) is 0 Å². The minimum Gasteiger partial charge on any atom is -0.480 e. The number of thioether (sulfide) groups is 1. The van der Waals surface area contributed by atoms with Gasteiger partial charge in [-0.25, -0.2) is 4.79 Å². The Morgan fingerprint density at radius 2 is 1.75 bits per heavy atom. The molecule has 1 aliphatic rings. The predicted molar refractivity (Wildman–Crippen MR) is 121 cm³/mol. The zero-order valence-electron chi connectivity index (χ0n) is 19.0. The van der Waals surface area contributed by atoms with E-state index in [2.05, 4.69) is 26.6 Å². The van der Waals surface area contributed by atoms with Crippen LogP contribution in [0.1, 0.15) is 40.0 Å². The number of nitrogens with one attached hydrogen (secondary N) is 5. The van der Waals surface area contributed by atoms with Crippen molar-refractivity contribution in [2.75, 3.05) is 25.1 Å². The first-order chi connectivity index (χ1) is 15.1. The maximum atomic E-state index is 12.6. The Hall–Kier alpha value is -2.34. The van der Waals surface area contributed by atoms with Gasteiger partial charge in [-0.2, -0.15) is 11.8 Å². The topological polar surface area (TPSA) is 166 Å². The lowest BCUT2D eigenvalue weighted by atomic mass is 10.0. The molecule has 1 saturated heterocycles. The summed E-state index contributed by atoms with van der Waals surface area (Å²) in [6, 6.07) is -3.28. The summed E-state index contributed by atoms with van der Waals surface area (Å²) >= 11 is 1.47. The van der Waals surface area contributed by atoms with Gasteiger partial charge >= 0.3 is 5.97 Å². The number of hydrogen-bond acceptors (Lipinski definition) is 7. The molecule has 6 N–H and O–H groups in total. The molecule has 32 heavy (non-hydrogen) atoms.